The van der Waals surface area contributed by atoms with Crippen molar-refractivity contribution in [3.05, 3.63) is 39.7 Å². The highest BCUT2D eigenvalue weighted by Crippen LogP contribution is 2.23. The number of carbonyl (C=O) groups is 1. The lowest BCUT2D eigenvalue weighted by molar-refractivity contribution is 0.1000. The number of benzene rings is 1. The fourth-order valence-corrected chi connectivity index (χ4v) is 1.95. The molecule has 0 aliphatic heterocycles. The van der Waals surface area contributed by atoms with E-state index in [4.69, 9.17) is 17.3 Å². The van der Waals surface area contributed by atoms with Crippen molar-refractivity contribution in [2.24, 2.45) is 5.73 Å². The molecule has 1 amide bonds. The summed E-state index contributed by atoms with van der Waals surface area (Å²) in [5.74, 6) is -0.500. The molecule has 0 bridgehead atoms. The van der Waals surface area contributed by atoms with E-state index in [-0.39, 0.29) is 0 Å². The van der Waals surface area contributed by atoms with E-state index >= 15 is 0 Å². The molecule has 0 fully saturated rings. The van der Waals surface area contributed by atoms with Crippen LogP contribution in [-0.2, 0) is 0 Å². The van der Waals surface area contributed by atoms with E-state index in [1.54, 1.807) is 17.5 Å². The second-order valence-electron chi connectivity index (χ2n) is 2.91. The minimum absolute atomic E-state index is 0.319. The number of nitrogens with two attached hydrogens (primary N) is 1. The lowest BCUT2D eigenvalue weighted by atomic mass is 10.2. The summed E-state index contributed by atoms with van der Waals surface area (Å²) in [6.07, 6.45) is 0. The fourth-order valence-electron chi connectivity index (χ4n) is 1.14. The highest BCUT2D eigenvalue weighted by Gasteiger charge is 2.08. The topological polar surface area (TPSA) is 56.0 Å². The van der Waals surface area contributed by atoms with Crippen LogP contribution < -0.4 is 5.73 Å². The monoisotopic (exact) mass is 238 g/mol. The number of hydrogen-bond donors (Lipinski definition) is 1. The van der Waals surface area contributed by atoms with Crippen LogP contribution in [0.15, 0.2) is 29.6 Å². The van der Waals surface area contributed by atoms with Gasteiger partial charge in [-0.3, -0.25) is 4.79 Å². The summed E-state index contributed by atoms with van der Waals surface area (Å²) in [5, 5.41) is 2.78. The zero-order valence-electron chi connectivity index (χ0n) is 7.61. The molecule has 0 radical (unpaired) electrons. The van der Waals surface area contributed by atoms with Crippen LogP contribution >= 0.6 is 22.9 Å². The second kappa shape index (κ2) is 4.00. The van der Waals surface area contributed by atoms with Crippen molar-refractivity contribution in [1.29, 1.82) is 0 Å². The first kappa shape index (κ1) is 10.1. The SMILES string of the molecule is NC(=O)c1nc(-c2ccc(Cl)cc2)cs1. The van der Waals surface area contributed by atoms with Crippen LogP contribution in [0.4, 0.5) is 0 Å². The number of nitrogens with zero attached hydrogens (tertiary/aromatic N) is 1. The molecule has 3 nitrogen and oxygen atoms in total. The smallest absolute Gasteiger partial charge is 0.277 e. The molecule has 5 heteroatoms. The Hall–Kier alpha value is -1.39. The molecule has 0 saturated heterocycles. The number of rotatable bonds is 2. The number of carbonyl (C=O) groups excluding carboxylic acids is 1. The van der Waals surface area contributed by atoms with Crippen LogP contribution in [0, 0.1) is 0 Å². The predicted molar refractivity (Wildman–Crippen MR) is 61.1 cm³/mol. The van der Waals surface area contributed by atoms with E-state index in [0.717, 1.165) is 11.3 Å². The standard InChI is InChI=1S/C10H7ClN2OS/c11-7-3-1-6(2-4-7)8-5-15-10(13-8)9(12)14/h1-5H,(H2,12,14). The lowest BCUT2D eigenvalue weighted by Crippen LogP contribution is -2.10. The summed E-state index contributed by atoms with van der Waals surface area (Å²) in [6.45, 7) is 0. The average molecular weight is 239 g/mol. The highest BCUT2D eigenvalue weighted by atomic mass is 35.5. The molecule has 0 aliphatic carbocycles. The molecule has 2 N–H and O–H groups in total. The van der Waals surface area contributed by atoms with Gasteiger partial charge in [0.05, 0.1) is 5.69 Å². The second-order valence-corrected chi connectivity index (χ2v) is 4.20. The first-order valence-corrected chi connectivity index (χ1v) is 5.44. The molecule has 1 heterocycles. The molecule has 15 heavy (non-hydrogen) atoms. The molecule has 0 aliphatic rings. The zero-order valence-corrected chi connectivity index (χ0v) is 9.18. The minimum Gasteiger partial charge on any atom is -0.364 e. The summed E-state index contributed by atoms with van der Waals surface area (Å²) in [4.78, 5) is 15.0. The van der Waals surface area contributed by atoms with Gasteiger partial charge in [0.1, 0.15) is 0 Å². The Morgan fingerprint density at radius 3 is 2.53 bits per heavy atom. The van der Waals surface area contributed by atoms with Crippen molar-refractivity contribution in [2.45, 2.75) is 0 Å². The summed E-state index contributed by atoms with van der Waals surface area (Å²) in [7, 11) is 0. The van der Waals surface area contributed by atoms with E-state index in [1.807, 2.05) is 12.1 Å². The third-order valence-electron chi connectivity index (χ3n) is 1.85. The molecule has 76 valence electrons. The van der Waals surface area contributed by atoms with Gasteiger partial charge in [0.2, 0.25) is 0 Å². The Balaban J connectivity index is 2.37. The third kappa shape index (κ3) is 2.16. The van der Waals surface area contributed by atoms with Crippen molar-refractivity contribution in [3.8, 4) is 11.3 Å². The van der Waals surface area contributed by atoms with Gasteiger partial charge in [-0.15, -0.1) is 11.3 Å². The van der Waals surface area contributed by atoms with Gasteiger partial charge >= 0.3 is 0 Å². The van der Waals surface area contributed by atoms with E-state index in [2.05, 4.69) is 4.98 Å². The molecule has 1 aromatic carbocycles. The van der Waals surface area contributed by atoms with Crippen LogP contribution in [-0.4, -0.2) is 10.9 Å². The summed E-state index contributed by atoms with van der Waals surface area (Å²) in [6, 6.07) is 7.25. The van der Waals surface area contributed by atoms with Crippen LogP contribution in [0.3, 0.4) is 0 Å². The van der Waals surface area contributed by atoms with Crippen molar-refractivity contribution in [2.75, 3.05) is 0 Å². The number of halogens is 1. The molecule has 0 atom stereocenters. The largest absolute Gasteiger partial charge is 0.364 e. The number of aromatic nitrogens is 1. The van der Waals surface area contributed by atoms with Crippen LogP contribution in [0.2, 0.25) is 5.02 Å². The minimum atomic E-state index is -0.500. The first-order valence-electron chi connectivity index (χ1n) is 4.18. The van der Waals surface area contributed by atoms with Crippen LogP contribution in [0.1, 0.15) is 9.80 Å². The third-order valence-corrected chi connectivity index (χ3v) is 2.96. The summed E-state index contributed by atoms with van der Waals surface area (Å²) < 4.78 is 0. The van der Waals surface area contributed by atoms with Crippen LogP contribution in [0.25, 0.3) is 11.3 Å². The Kier molecular flexibility index (Phi) is 2.70. The maximum atomic E-state index is 10.8. The van der Waals surface area contributed by atoms with Gasteiger partial charge in [-0.05, 0) is 12.1 Å². The van der Waals surface area contributed by atoms with Gasteiger partial charge in [0, 0.05) is 16.0 Å². The number of primary amides is 1. The quantitative estimate of drug-likeness (QED) is 0.874. The van der Waals surface area contributed by atoms with Crippen LogP contribution in [0.5, 0.6) is 0 Å². The lowest BCUT2D eigenvalue weighted by Gasteiger charge is -1.95. The predicted octanol–water partition coefficient (Wildman–Crippen LogP) is 2.56. The molecule has 2 aromatic rings. The molecule has 2 rings (SSSR count). The van der Waals surface area contributed by atoms with Crippen molar-refractivity contribution in [3.63, 3.8) is 0 Å². The molecular formula is C10H7ClN2OS. The van der Waals surface area contributed by atoms with Gasteiger partial charge in [0.25, 0.3) is 5.91 Å². The Labute approximate surface area is 95.5 Å². The Morgan fingerprint density at radius 2 is 2.00 bits per heavy atom. The number of thiazole rings is 1. The van der Waals surface area contributed by atoms with Gasteiger partial charge in [-0.1, -0.05) is 23.7 Å². The zero-order chi connectivity index (χ0) is 10.8. The van der Waals surface area contributed by atoms with E-state index < -0.39 is 5.91 Å². The maximum absolute atomic E-state index is 10.8. The van der Waals surface area contributed by atoms with E-state index in [0.29, 0.717) is 10.0 Å². The Morgan fingerprint density at radius 1 is 1.33 bits per heavy atom. The van der Waals surface area contributed by atoms with Gasteiger partial charge in [-0.25, -0.2) is 4.98 Å². The highest BCUT2D eigenvalue weighted by molar-refractivity contribution is 7.12. The van der Waals surface area contributed by atoms with Gasteiger partial charge < -0.3 is 5.73 Å². The summed E-state index contributed by atoms with van der Waals surface area (Å²) in [5.41, 5.74) is 6.78. The van der Waals surface area contributed by atoms with E-state index in [9.17, 15) is 4.79 Å². The molecule has 0 spiro atoms. The average Bonchev–Trinajstić information content (AvgIpc) is 2.68. The molecule has 0 unspecified atom stereocenters. The van der Waals surface area contributed by atoms with Crippen molar-refractivity contribution < 1.29 is 4.79 Å². The van der Waals surface area contributed by atoms with Gasteiger partial charge in [-0.2, -0.15) is 0 Å². The van der Waals surface area contributed by atoms with Gasteiger partial charge in [0.15, 0.2) is 5.01 Å². The van der Waals surface area contributed by atoms with Crippen molar-refractivity contribution in [1.82, 2.24) is 4.98 Å². The number of amides is 1. The molecule has 1 aromatic heterocycles. The number of hydrogen-bond acceptors (Lipinski definition) is 3. The van der Waals surface area contributed by atoms with Crippen molar-refractivity contribution >= 4 is 28.8 Å². The molecular weight excluding hydrogens is 232 g/mol. The maximum Gasteiger partial charge on any atom is 0.277 e. The molecule has 0 saturated carbocycles. The first-order chi connectivity index (χ1) is 7.16. The Bertz CT molecular complexity index is 492. The summed E-state index contributed by atoms with van der Waals surface area (Å²) >= 11 is 7.00. The normalized spacial score (nSPS) is 10.2. The van der Waals surface area contributed by atoms with E-state index in [1.165, 1.54) is 11.3 Å². The fraction of sp³-hybridized carbons (Fsp3) is 0.